The van der Waals surface area contributed by atoms with Crippen molar-refractivity contribution in [3.8, 4) is 11.1 Å². The van der Waals surface area contributed by atoms with Gasteiger partial charge < -0.3 is 15.1 Å². The van der Waals surface area contributed by atoms with Crippen molar-refractivity contribution < 1.29 is 0 Å². The van der Waals surface area contributed by atoms with E-state index in [1.807, 2.05) is 0 Å². The normalized spacial score (nSPS) is 31.8. The standard InChI is InChI=1S/C65H63N3/c1-4-17-44(18-5-1)60-42-53(43-61(66-60)45-19-6-2-7-20-45)49-24-15-22-47(38-49)46-21-14-23-48(37-46)50-25-16-28-55(39-50)68-63-32-13-11-30-57(63)59-41-52(34-36-65(59)68)51-33-35-64-58(40-51)56-29-10-12-31-62(56)67(64)54-26-8-3-9-27-54/h1-6,8,10-17,19,21-26,28-32,34,36-38,40-41,43-44,51,55-56,59-62,64-66H,7,9,18,20,27,33,35,39,42H2. The first-order chi connectivity index (χ1) is 33.7. The summed E-state index contributed by atoms with van der Waals surface area (Å²) in [5.41, 5.74) is 17.1. The van der Waals surface area contributed by atoms with Crippen LogP contribution in [0.2, 0.25) is 0 Å². The molecule has 3 heteroatoms. The van der Waals surface area contributed by atoms with Crippen molar-refractivity contribution in [2.75, 3.05) is 4.90 Å². The van der Waals surface area contributed by atoms with E-state index in [1.54, 1.807) is 5.57 Å². The van der Waals surface area contributed by atoms with Gasteiger partial charge in [0, 0.05) is 41.2 Å². The van der Waals surface area contributed by atoms with Gasteiger partial charge in [-0.2, -0.15) is 0 Å². The molecule has 1 fully saturated rings. The van der Waals surface area contributed by atoms with E-state index in [2.05, 4.69) is 222 Å². The van der Waals surface area contributed by atoms with E-state index >= 15 is 0 Å². The van der Waals surface area contributed by atoms with E-state index in [0.29, 0.717) is 47.8 Å². The molecule has 10 aliphatic rings. The largest absolute Gasteiger partial charge is 0.361 e. The van der Waals surface area contributed by atoms with Gasteiger partial charge in [-0.1, -0.05) is 182 Å². The minimum atomic E-state index is 0.267. The number of rotatable bonds is 8. The maximum Gasteiger partial charge on any atom is 0.0586 e. The number of nitrogens with one attached hydrogen (secondary N) is 1. The van der Waals surface area contributed by atoms with Crippen molar-refractivity contribution in [1.29, 1.82) is 0 Å². The number of allylic oxidation sites excluding steroid dienone is 17. The Morgan fingerprint density at radius 3 is 2.18 bits per heavy atom. The van der Waals surface area contributed by atoms with E-state index in [1.165, 1.54) is 74.3 Å². The minimum Gasteiger partial charge on any atom is -0.361 e. The number of para-hydroxylation sites is 1. The summed E-state index contributed by atoms with van der Waals surface area (Å²) in [6, 6.07) is 30.1. The van der Waals surface area contributed by atoms with Crippen molar-refractivity contribution in [2.45, 2.75) is 100.0 Å². The second kappa shape index (κ2) is 17.9. The highest BCUT2D eigenvalue weighted by Gasteiger charge is 2.47. The van der Waals surface area contributed by atoms with Crippen molar-refractivity contribution >= 4 is 16.8 Å². The first-order valence-electron chi connectivity index (χ1n) is 25.9. The number of hydrogen-bond donors (Lipinski definition) is 1. The molecule has 1 saturated heterocycles. The quantitative estimate of drug-likeness (QED) is 0.227. The molecule has 10 unspecified atom stereocenters. The average Bonchev–Trinajstić information content (AvgIpc) is 3.94. The van der Waals surface area contributed by atoms with Gasteiger partial charge in [-0.15, -0.1) is 0 Å². The molecule has 0 radical (unpaired) electrons. The summed E-state index contributed by atoms with van der Waals surface area (Å²) in [6.07, 6.45) is 62.7. The lowest BCUT2D eigenvalue weighted by Crippen LogP contribution is -2.45. The number of benzene rings is 3. The molecule has 0 aromatic heterocycles. The number of likely N-dealkylation sites (tertiary alicyclic amines) is 1. The Morgan fingerprint density at radius 2 is 1.35 bits per heavy atom. The smallest absolute Gasteiger partial charge is 0.0586 e. The van der Waals surface area contributed by atoms with Crippen molar-refractivity contribution in [1.82, 2.24) is 10.2 Å². The van der Waals surface area contributed by atoms with Gasteiger partial charge in [0.1, 0.15) is 0 Å². The SMILES string of the molecule is C1=CCCC(C2C=C(c3cccc(-c4cccc(C5=CC=CC(N6c7ccccc7C7C=C(C8C=C9C%10C=CC=CC%10N(C%10=CC=CCC%10)C9CC8)C=CC76)C5)c4)c3)CC(C3C=CC=CC3)N2)=C1. The zero-order valence-electron chi connectivity index (χ0n) is 39.2. The van der Waals surface area contributed by atoms with Crippen LogP contribution in [0.3, 0.4) is 0 Å². The predicted octanol–water partition coefficient (Wildman–Crippen LogP) is 14.4. The summed E-state index contributed by atoms with van der Waals surface area (Å²) in [7, 11) is 0. The molecule has 3 aliphatic heterocycles. The van der Waals surface area contributed by atoms with Crippen LogP contribution in [-0.4, -0.2) is 41.2 Å². The number of nitrogens with zero attached hydrogens (tertiary/aromatic N) is 2. The fraction of sp³-hybridized carbons (Fsp3) is 0.292. The summed E-state index contributed by atoms with van der Waals surface area (Å²) >= 11 is 0. The molecule has 10 atom stereocenters. The fourth-order valence-corrected chi connectivity index (χ4v) is 13.6. The molecule has 68 heavy (non-hydrogen) atoms. The van der Waals surface area contributed by atoms with Crippen LogP contribution in [0.25, 0.3) is 22.3 Å². The Bertz CT molecular complexity index is 2950. The average molecular weight is 886 g/mol. The zero-order chi connectivity index (χ0) is 45.0. The lowest BCUT2D eigenvalue weighted by molar-refractivity contribution is 0.253. The Kier molecular flexibility index (Phi) is 11.0. The van der Waals surface area contributed by atoms with Crippen LogP contribution in [0.5, 0.6) is 0 Å². The molecule has 338 valence electrons. The molecule has 0 amide bonds. The molecule has 13 rings (SSSR count). The van der Waals surface area contributed by atoms with Crippen LogP contribution < -0.4 is 10.2 Å². The molecular formula is C65H63N3. The molecule has 3 heterocycles. The maximum absolute atomic E-state index is 4.07. The van der Waals surface area contributed by atoms with Gasteiger partial charge in [-0.3, -0.25) is 0 Å². The third-order valence-corrected chi connectivity index (χ3v) is 16.9. The summed E-state index contributed by atoms with van der Waals surface area (Å²) < 4.78 is 0. The molecule has 3 aromatic carbocycles. The van der Waals surface area contributed by atoms with Crippen LogP contribution in [0.1, 0.15) is 80.4 Å². The van der Waals surface area contributed by atoms with Gasteiger partial charge in [-0.05, 0) is 144 Å². The third-order valence-electron chi connectivity index (χ3n) is 16.9. The molecule has 0 bridgehead atoms. The van der Waals surface area contributed by atoms with Gasteiger partial charge in [0.05, 0.1) is 24.2 Å². The summed E-state index contributed by atoms with van der Waals surface area (Å²) in [5, 5.41) is 4.07. The van der Waals surface area contributed by atoms with Crippen LogP contribution in [0.15, 0.2) is 229 Å². The third kappa shape index (κ3) is 7.64. The van der Waals surface area contributed by atoms with E-state index in [4.69, 9.17) is 0 Å². The highest BCUT2D eigenvalue weighted by molar-refractivity contribution is 5.79. The van der Waals surface area contributed by atoms with Gasteiger partial charge in [0.25, 0.3) is 0 Å². The lowest BCUT2D eigenvalue weighted by Gasteiger charge is -2.38. The molecule has 3 nitrogen and oxygen atoms in total. The lowest BCUT2D eigenvalue weighted by atomic mass is 9.76. The van der Waals surface area contributed by atoms with Gasteiger partial charge in [0.15, 0.2) is 0 Å². The van der Waals surface area contributed by atoms with Crippen molar-refractivity contribution in [3.05, 3.63) is 246 Å². The Morgan fingerprint density at radius 1 is 0.559 bits per heavy atom. The van der Waals surface area contributed by atoms with Gasteiger partial charge in [0.2, 0.25) is 0 Å². The van der Waals surface area contributed by atoms with E-state index in [0.717, 1.165) is 44.9 Å². The molecule has 1 N–H and O–H groups in total. The minimum absolute atomic E-state index is 0.267. The predicted molar refractivity (Wildman–Crippen MR) is 285 cm³/mol. The maximum atomic E-state index is 4.07. The highest BCUT2D eigenvalue weighted by atomic mass is 15.2. The first-order valence-corrected chi connectivity index (χ1v) is 25.9. The van der Waals surface area contributed by atoms with Crippen molar-refractivity contribution in [3.63, 3.8) is 0 Å². The van der Waals surface area contributed by atoms with Gasteiger partial charge >= 0.3 is 0 Å². The topological polar surface area (TPSA) is 18.5 Å². The first kappa shape index (κ1) is 41.7. The summed E-state index contributed by atoms with van der Waals surface area (Å²) in [4.78, 5) is 5.53. The van der Waals surface area contributed by atoms with Crippen LogP contribution in [0.4, 0.5) is 5.69 Å². The fourth-order valence-electron chi connectivity index (χ4n) is 13.6. The molecular weight excluding hydrogens is 823 g/mol. The number of fused-ring (bicyclic) bond motifs is 6. The molecule has 7 aliphatic carbocycles. The summed E-state index contributed by atoms with van der Waals surface area (Å²) in [6.45, 7) is 0. The zero-order valence-corrected chi connectivity index (χ0v) is 39.2. The van der Waals surface area contributed by atoms with E-state index in [9.17, 15) is 0 Å². The molecule has 0 saturated carbocycles. The summed E-state index contributed by atoms with van der Waals surface area (Å²) in [5.74, 6) is 1.77. The number of anilines is 1. The van der Waals surface area contributed by atoms with Gasteiger partial charge in [-0.25, -0.2) is 0 Å². The number of hydrogen-bond acceptors (Lipinski definition) is 3. The monoisotopic (exact) mass is 886 g/mol. The highest BCUT2D eigenvalue weighted by Crippen LogP contribution is 2.51. The van der Waals surface area contributed by atoms with Crippen LogP contribution >= 0.6 is 0 Å². The molecule has 3 aromatic rings. The second-order valence-corrected chi connectivity index (χ2v) is 20.8. The van der Waals surface area contributed by atoms with E-state index in [-0.39, 0.29) is 12.1 Å². The van der Waals surface area contributed by atoms with E-state index < -0.39 is 0 Å². The Labute approximate surface area is 404 Å². The van der Waals surface area contributed by atoms with Crippen molar-refractivity contribution in [2.24, 2.45) is 17.8 Å². The van der Waals surface area contributed by atoms with Crippen LogP contribution in [-0.2, 0) is 0 Å². The Hall–Kier alpha value is -6.42. The van der Waals surface area contributed by atoms with Crippen LogP contribution in [0, 0.1) is 17.8 Å². The Balaban J connectivity index is 0.743. The second-order valence-electron chi connectivity index (χ2n) is 20.8. The molecule has 0 spiro atoms.